The summed E-state index contributed by atoms with van der Waals surface area (Å²) in [5.74, 6) is 6.22. The molecule has 1 unspecified atom stereocenters. The highest BCUT2D eigenvalue weighted by atomic mass is 79.9. The van der Waals surface area contributed by atoms with Crippen LogP contribution in [0, 0.1) is 35.5 Å². The van der Waals surface area contributed by atoms with Crippen molar-refractivity contribution in [2.45, 2.75) is 50.8 Å². The molecule has 4 aliphatic rings. The molecule has 0 N–H and O–H groups in total. The van der Waals surface area contributed by atoms with Gasteiger partial charge in [0.25, 0.3) is 0 Å². The highest BCUT2D eigenvalue weighted by Crippen LogP contribution is 2.58. The van der Waals surface area contributed by atoms with Crippen molar-refractivity contribution in [1.82, 2.24) is 0 Å². The third-order valence-corrected chi connectivity index (χ3v) is 6.97. The summed E-state index contributed by atoms with van der Waals surface area (Å²) in [5.41, 5.74) is 0. The van der Waals surface area contributed by atoms with E-state index < -0.39 is 0 Å². The van der Waals surface area contributed by atoms with Crippen molar-refractivity contribution in [3.05, 3.63) is 0 Å². The largest absolute Gasteiger partial charge is 0.0885 e. The Balaban J connectivity index is 1.80. The second-order valence-corrected chi connectivity index (χ2v) is 7.75. The van der Waals surface area contributed by atoms with Gasteiger partial charge in [0.05, 0.1) is 0 Å². The van der Waals surface area contributed by atoms with E-state index in [1.165, 1.54) is 0 Å². The van der Waals surface area contributed by atoms with Crippen LogP contribution in [0.4, 0.5) is 0 Å². The smallest absolute Gasteiger partial charge is 0.0202 e. The molecular weight excluding hydrogens is 248 g/mol. The van der Waals surface area contributed by atoms with Crippen LogP contribution in [-0.4, -0.2) is 4.83 Å². The molecule has 4 aliphatic carbocycles. The van der Waals surface area contributed by atoms with Crippen molar-refractivity contribution in [3.8, 4) is 0 Å². The topological polar surface area (TPSA) is 0 Å². The summed E-state index contributed by atoms with van der Waals surface area (Å²) in [6.07, 6.45) is 7.83. The molecule has 4 rings (SSSR count). The van der Waals surface area contributed by atoms with E-state index >= 15 is 0 Å². The fourth-order valence-corrected chi connectivity index (χ4v) is 5.80. The van der Waals surface area contributed by atoms with Crippen molar-refractivity contribution >= 4 is 15.9 Å². The van der Waals surface area contributed by atoms with Gasteiger partial charge in [0.15, 0.2) is 0 Å². The van der Waals surface area contributed by atoms with Crippen molar-refractivity contribution in [1.29, 1.82) is 0 Å². The van der Waals surface area contributed by atoms with Gasteiger partial charge < -0.3 is 0 Å². The Morgan fingerprint density at radius 3 is 1.73 bits per heavy atom. The fourth-order valence-electron chi connectivity index (χ4n) is 4.93. The molecule has 1 atom stereocenters. The SMILES string of the molecule is CC(C)C(Br)C1C2CC3CC(C2)CC1C3. The Bertz CT molecular complexity index is 218. The van der Waals surface area contributed by atoms with E-state index in [9.17, 15) is 0 Å². The molecular formula is C14H23Br. The first kappa shape index (κ1) is 10.6. The van der Waals surface area contributed by atoms with Gasteiger partial charge in [0.1, 0.15) is 0 Å². The lowest BCUT2D eigenvalue weighted by Crippen LogP contribution is -2.48. The molecule has 0 aromatic rings. The van der Waals surface area contributed by atoms with Crippen molar-refractivity contribution < 1.29 is 0 Å². The van der Waals surface area contributed by atoms with Gasteiger partial charge in [-0.05, 0) is 67.6 Å². The van der Waals surface area contributed by atoms with E-state index in [1.807, 2.05) is 0 Å². The Hall–Kier alpha value is 0.480. The fraction of sp³-hybridized carbons (Fsp3) is 1.00. The molecule has 0 aromatic heterocycles. The van der Waals surface area contributed by atoms with E-state index in [2.05, 4.69) is 29.8 Å². The maximum absolute atomic E-state index is 3.99. The lowest BCUT2D eigenvalue weighted by Gasteiger charge is -2.56. The van der Waals surface area contributed by atoms with Crippen LogP contribution in [0.2, 0.25) is 0 Å². The highest BCUT2D eigenvalue weighted by Gasteiger charge is 2.50. The van der Waals surface area contributed by atoms with E-state index in [1.54, 1.807) is 32.1 Å². The summed E-state index contributed by atoms with van der Waals surface area (Å²) in [5, 5.41) is 0. The summed E-state index contributed by atoms with van der Waals surface area (Å²) < 4.78 is 0. The number of rotatable bonds is 2. The van der Waals surface area contributed by atoms with Gasteiger partial charge in [-0.15, -0.1) is 0 Å². The third-order valence-electron chi connectivity index (χ3n) is 5.30. The van der Waals surface area contributed by atoms with E-state index in [4.69, 9.17) is 0 Å². The summed E-state index contributed by atoms with van der Waals surface area (Å²) in [6, 6.07) is 0. The molecule has 0 spiro atoms. The minimum Gasteiger partial charge on any atom is -0.0885 e. The first-order valence-corrected chi connectivity index (χ1v) is 7.70. The molecule has 4 fully saturated rings. The Morgan fingerprint density at radius 1 is 0.867 bits per heavy atom. The molecule has 4 saturated carbocycles. The maximum atomic E-state index is 3.99. The van der Waals surface area contributed by atoms with E-state index in [0.717, 1.165) is 40.3 Å². The number of hydrogen-bond donors (Lipinski definition) is 0. The third kappa shape index (κ3) is 1.69. The van der Waals surface area contributed by atoms with Crippen LogP contribution in [0.15, 0.2) is 0 Å². The zero-order valence-corrected chi connectivity index (χ0v) is 11.5. The standard InChI is InChI=1S/C14H23Br/c1-8(2)14(15)13-11-4-9-3-10(6-11)7-12(13)5-9/h8-14H,3-7H2,1-2H3. The summed E-state index contributed by atoms with van der Waals surface area (Å²) >= 11 is 3.99. The second-order valence-electron chi connectivity index (χ2n) is 6.70. The summed E-state index contributed by atoms with van der Waals surface area (Å²) in [4.78, 5) is 0.785. The molecule has 0 amide bonds. The van der Waals surface area contributed by atoms with E-state index in [-0.39, 0.29) is 0 Å². The minimum atomic E-state index is 0.785. The molecule has 1 heteroatoms. The Kier molecular flexibility index (Phi) is 2.66. The summed E-state index contributed by atoms with van der Waals surface area (Å²) in [7, 11) is 0. The molecule has 0 aliphatic heterocycles. The molecule has 4 bridgehead atoms. The molecule has 0 aromatic carbocycles. The van der Waals surface area contributed by atoms with Gasteiger partial charge in [0.2, 0.25) is 0 Å². The van der Waals surface area contributed by atoms with Crippen molar-refractivity contribution in [2.24, 2.45) is 35.5 Å². The van der Waals surface area contributed by atoms with Crippen LogP contribution >= 0.6 is 15.9 Å². The van der Waals surface area contributed by atoms with Gasteiger partial charge in [-0.1, -0.05) is 29.8 Å². The Morgan fingerprint density at radius 2 is 1.33 bits per heavy atom. The highest BCUT2D eigenvalue weighted by molar-refractivity contribution is 9.09. The second kappa shape index (κ2) is 3.75. The quantitative estimate of drug-likeness (QED) is 0.650. The van der Waals surface area contributed by atoms with Crippen molar-refractivity contribution in [3.63, 3.8) is 0 Å². The number of hydrogen-bond acceptors (Lipinski definition) is 0. The predicted molar refractivity (Wildman–Crippen MR) is 68.1 cm³/mol. The minimum absolute atomic E-state index is 0.785. The summed E-state index contributed by atoms with van der Waals surface area (Å²) in [6.45, 7) is 4.76. The average Bonchev–Trinajstić information content (AvgIpc) is 2.15. The zero-order valence-electron chi connectivity index (χ0n) is 9.95. The number of halogens is 1. The number of alkyl halides is 1. The average molecular weight is 271 g/mol. The van der Waals surface area contributed by atoms with Crippen LogP contribution in [0.3, 0.4) is 0 Å². The predicted octanol–water partition coefficient (Wildman–Crippen LogP) is 4.48. The van der Waals surface area contributed by atoms with Gasteiger partial charge >= 0.3 is 0 Å². The van der Waals surface area contributed by atoms with Crippen LogP contribution < -0.4 is 0 Å². The molecule has 0 nitrogen and oxygen atoms in total. The van der Waals surface area contributed by atoms with Gasteiger partial charge in [-0.25, -0.2) is 0 Å². The Labute approximate surface area is 102 Å². The van der Waals surface area contributed by atoms with Crippen LogP contribution in [-0.2, 0) is 0 Å². The van der Waals surface area contributed by atoms with Gasteiger partial charge in [0, 0.05) is 4.83 Å². The lowest BCUT2D eigenvalue weighted by atomic mass is 9.51. The maximum Gasteiger partial charge on any atom is 0.0202 e. The molecule has 0 heterocycles. The van der Waals surface area contributed by atoms with Crippen LogP contribution in [0.5, 0.6) is 0 Å². The molecule has 0 saturated heterocycles. The first-order valence-electron chi connectivity index (χ1n) is 6.79. The zero-order chi connectivity index (χ0) is 10.6. The molecule has 15 heavy (non-hydrogen) atoms. The van der Waals surface area contributed by atoms with Crippen LogP contribution in [0.1, 0.15) is 46.0 Å². The monoisotopic (exact) mass is 270 g/mol. The molecule has 86 valence electrons. The van der Waals surface area contributed by atoms with Gasteiger partial charge in [-0.3, -0.25) is 0 Å². The van der Waals surface area contributed by atoms with Crippen LogP contribution in [0.25, 0.3) is 0 Å². The van der Waals surface area contributed by atoms with E-state index in [0.29, 0.717) is 0 Å². The van der Waals surface area contributed by atoms with Gasteiger partial charge in [-0.2, -0.15) is 0 Å². The molecule has 0 radical (unpaired) electrons. The normalized spacial score (nSPS) is 50.0. The first-order chi connectivity index (χ1) is 7.15. The van der Waals surface area contributed by atoms with Crippen molar-refractivity contribution in [2.75, 3.05) is 0 Å². The lowest BCUT2D eigenvalue weighted by molar-refractivity contribution is -0.0401.